The van der Waals surface area contributed by atoms with Gasteiger partial charge in [-0.25, -0.2) is 0 Å². The summed E-state index contributed by atoms with van der Waals surface area (Å²) in [4.78, 5) is 8.10. The Morgan fingerprint density at radius 3 is 2.56 bits per heavy atom. The van der Waals surface area contributed by atoms with Crippen LogP contribution in [-0.4, -0.2) is 23.0 Å². The van der Waals surface area contributed by atoms with Gasteiger partial charge in [0.05, 0.1) is 5.51 Å². The zero-order valence-corrected chi connectivity index (χ0v) is 11.4. The van der Waals surface area contributed by atoms with Crippen molar-refractivity contribution in [1.82, 2.24) is 9.88 Å². The van der Waals surface area contributed by atoms with E-state index in [-0.39, 0.29) is 0 Å². The highest BCUT2D eigenvalue weighted by Gasteiger charge is 2.28. The van der Waals surface area contributed by atoms with Crippen LogP contribution in [0, 0.1) is 11.3 Å². The van der Waals surface area contributed by atoms with Gasteiger partial charge in [-0.2, -0.15) is 0 Å². The molecule has 0 aliphatic carbocycles. The molecule has 2 rings (SSSR count). The predicted molar refractivity (Wildman–Crippen MR) is 69.6 cm³/mol. The van der Waals surface area contributed by atoms with Crippen molar-refractivity contribution in [2.75, 3.05) is 13.1 Å². The number of piperidine rings is 1. The first-order chi connectivity index (χ1) is 7.55. The number of nitrogens with zero attached hydrogens (tertiary/aromatic N) is 2. The molecule has 90 valence electrons. The van der Waals surface area contributed by atoms with Gasteiger partial charge in [0, 0.05) is 17.6 Å². The van der Waals surface area contributed by atoms with Crippen LogP contribution in [0.3, 0.4) is 0 Å². The molecule has 0 amide bonds. The summed E-state index contributed by atoms with van der Waals surface area (Å²) in [7, 11) is 0. The standard InChI is InChI=1S/C13H22N2S/c1-13(2,3)11-4-6-15(7-5-11)9-12-8-14-10-16-12/h8,10-11H,4-7,9H2,1-3H3. The molecule has 1 aliphatic rings. The predicted octanol–water partition coefficient (Wildman–Crippen LogP) is 3.40. The van der Waals surface area contributed by atoms with Crippen LogP contribution in [0.25, 0.3) is 0 Å². The summed E-state index contributed by atoms with van der Waals surface area (Å²) >= 11 is 1.77. The van der Waals surface area contributed by atoms with Gasteiger partial charge in [-0.1, -0.05) is 20.8 Å². The minimum atomic E-state index is 0.483. The summed E-state index contributed by atoms with van der Waals surface area (Å²) in [5, 5.41) is 0. The molecule has 0 spiro atoms. The smallest absolute Gasteiger partial charge is 0.0794 e. The van der Waals surface area contributed by atoms with E-state index in [4.69, 9.17) is 0 Å². The molecule has 2 heterocycles. The maximum atomic E-state index is 4.13. The third kappa shape index (κ3) is 3.05. The lowest BCUT2D eigenvalue weighted by molar-refractivity contribution is 0.108. The van der Waals surface area contributed by atoms with E-state index in [1.807, 2.05) is 11.7 Å². The minimum Gasteiger partial charge on any atom is -0.298 e. The van der Waals surface area contributed by atoms with Crippen LogP contribution in [0.15, 0.2) is 11.7 Å². The van der Waals surface area contributed by atoms with E-state index in [1.54, 1.807) is 11.3 Å². The van der Waals surface area contributed by atoms with Gasteiger partial charge in [0.1, 0.15) is 0 Å². The van der Waals surface area contributed by atoms with Gasteiger partial charge in [0.2, 0.25) is 0 Å². The lowest BCUT2D eigenvalue weighted by Gasteiger charge is -2.38. The summed E-state index contributed by atoms with van der Waals surface area (Å²) in [6.07, 6.45) is 4.70. The Morgan fingerprint density at radius 2 is 2.06 bits per heavy atom. The molecule has 0 atom stereocenters. The number of thiazole rings is 1. The Balaban J connectivity index is 1.82. The molecule has 1 aromatic rings. The van der Waals surface area contributed by atoms with Gasteiger partial charge < -0.3 is 0 Å². The first-order valence-electron chi connectivity index (χ1n) is 6.15. The molecular formula is C13H22N2S. The Morgan fingerprint density at radius 1 is 1.38 bits per heavy atom. The third-order valence-electron chi connectivity index (χ3n) is 3.68. The van der Waals surface area contributed by atoms with Crippen molar-refractivity contribution in [2.24, 2.45) is 11.3 Å². The molecule has 3 heteroatoms. The second kappa shape index (κ2) is 4.84. The average Bonchev–Trinajstić information content (AvgIpc) is 2.70. The van der Waals surface area contributed by atoms with E-state index < -0.39 is 0 Å². The van der Waals surface area contributed by atoms with Crippen LogP contribution in [0.5, 0.6) is 0 Å². The van der Waals surface area contributed by atoms with Gasteiger partial charge in [-0.15, -0.1) is 11.3 Å². The van der Waals surface area contributed by atoms with Crippen molar-refractivity contribution < 1.29 is 0 Å². The van der Waals surface area contributed by atoms with Gasteiger partial charge in [-0.05, 0) is 37.3 Å². The van der Waals surface area contributed by atoms with E-state index >= 15 is 0 Å². The van der Waals surface area contributed by atoms with E-state index in [9.17, 15) is 0 Å². The summed E-state index contributed by atoms with van der Waals surface area (Å²) in [5.74, 6) is 0.894. The molecular weight excluding hydrogens is 216 g/mol. The van der Waals surface area contributed by atoms with Crippen LogP contribution < -0.4 is 0 Å². The molecule has 16 heavy (non-hydrogen) atoms. The highest BCUT2D eigenvalue weighted by Crippen LogP contribution is 2.34. The first-order valence-corrected chi connectivity index (χ1v) is 7.03. The zero-order valence-electron chi connectivity index (χ0n) is 10.6. The maximum absolute atomic E-state index is 4.13. The second-order valence-electron chi connectivity index (χ2n) is 5.88. The van der Waals surface area contributed by atoms with Gasteiger partial charge in [0.15, 0.2) is 0 Å². The summed E-state index contributed by atoms with van der Waals surface area (Å²) in [5.41, 5.74) is 2.41. The third-order valence-corrected chi connectivity index (χ3v) is 4.44. The molecule has 1 fully saturated rings. The van der Waals surface area contributed by atoms with Crippen molar-refractivity contribution in [2.45, 2.75) is 40.2 Å². The minimum absolute atomic E-state index is 0.483. The highest BCUT2D eigenvalue weighted by atomic mass is 32.1. The Labute approximate surface area is 103 Å². The molecule has 0 aromatic carbocycles. The molecule has 0 bridgehead atoms. The number of likely N-dealkylation sites (tertiary alicyclic amines) is 1. The lowest BCUT2D eigenvalue weighted by Crippen LogP contribution is -2.37. The Kier molecular flexibility index (Phi) is 3.65. The van der Waals surface area contributed by atoms with E-state index in [1.165, 1.54) is 30.8 Å². The zero-order chi connectivity index (χ0) is 11.6. The van der Waals surface area contributed by atoms with Crippen molar-refractivity contribution in [3.63, 3.8) is 0 Å². The highest BCUT2D eigenvalue weighted by molar-refractivity contribution is 7.09. The number of aromatic nitrogens is 1. The summed E-state index contributed by atoms with van der Waals surface area (Å²) in [6, 6.07) is 0. The van der Waals surface area contributed by atoms with Crippen LogP contribution in [-0.2, 0) is 6.54 Å². The largest absolute Gasteiger partial charge is 0.298 e. The lowest BCUT2D eigenvalue weighted by atomic mass is 9.75. The van der Waals surface area contributed by atoms with Crippen LogP contribution >= 0.6 is 11.3 Å². The fourth-order valence-electron chi connectivity index (χ4n) is 2.50. The number of rotatable bonds is 2. The quantitative estimate of drug-likeness (QED) is 0.785. The molecule has 0 saturated carbocycles. The van der Waals surface area contributed by atoms with Crippen molar-refractivity contribution >= 4 is 11.3 Å². The van der Waals surface area contributed by atoms with Gasteiger partial charge >= 0.3 is 0 Å². The second-order valence-corrected chi connectivity index (χ2v) is 6.86. The average molecular weight is 238 g/mol. The fraction of sp³-hybridized carbons (Fsp3) is 0.769. The topological polar surface area (TPSA) is 16.1 Å². The summed E-state index contributed by atoms with van der Waals surface area (Å²) < 4.78 is 0. The fourth-order valence-corrected chi connectivity index (χ4v) is 3.13. The Hall–Kier alpha value is -0.410. The molecule has 2 nitrogen and oxygen atoms in total. The molecule has 1 aromatic heterocycles. The number of hydrogen-bond acceptors (Lipinski definition) is 3. The molecule has 1 saturated heterocycles. The molecule has 0 N–H and O–H groups in total. The molecule has 1 aliphatic heterocycles. The SMILES string of the molecule is CC(C)(C)C1CCN(Cc2cncs2)CC1. The van der Waals surface area contributed by atoms with E-state index in [0.717, 1.165) is 12.5 Å². The number of hydrogen-bond donors (Lipinski definition) is 0. The molecule has 0 radical (unpaired) electrons. The van der Waals surface area contributed by atoms with Gasteiger partial charge in [0.25, 0.3) is 0 Å². The molecule has 0 unspecified atom stereocenters. The maximum Gasteiger partial charge on any atom is 0.0794 e. The van der Waals surface area contributed by atoms with Crippen molar-refractivity contribution in [3.05, 3.63) is 16.6 Å². The van der Waals surface area contributed by atoms with Crippen molar-refractivity contribution in [1.29, 1.82) is 0 Å². The van der Waals surface area contributed by atoms with E-state index in [2.05, 4.69) is 30.7 Å². The van der Waals surface area contributed by atoms with Gasteiger partial charge in [-0.3, -0.25) is 9.88 Å². The van der Waals surface area contributed by atoms with E-state index in [0.29, 0.717) is 5.41 Å². The Bertz CT molecular complexity index is 305. The van der Waals surface area contributed by atoms with Crippen LogP contribution in [0.1, 0.15) is 38.5 Å². The monoisotopic (exact) mass is 238 g/mol. The van der Waals surface area contributed by atoms with Crippen LogP contribution in [0.2, 0.25) is 0 Å². The normalized spacial score (nSPS) is 20.2. The summed E-state index contributed by atoms with van der Waals surface area (Å²) in [6.45, 7) is 10.7. The first kappa shape index (κ1) is 12.1. The van der Waals surface area contributed by atoms with Crippen LogP contribution in [0.4, 0.5) is 0 Å². The van der Waals surface area contributed by atoms with Crippen molar-refractivity contribution in [3.8, 4) is 0 Å².